The molecule has 0 radical (unpaired) electrons. The molecule has 0 aromatic carbocycles. The summed E-state index contributed by atoms with van der Waals surface area (Å²) in [6.45, 7) is 9.55. The Balaban J connectivity index is 1.73. The van der Waals surface area contributed by atoms with Crippen LogP contribution >= 0.6 is 0 Å². The van der Waals surface area contributed by atoms with E-state index in [0.29, 0.717) is 18.9 Å². The van der Waals surface area contributed by atoms with Gasteiger partial charge in [0.05, 0.1) is 17.7 Å². The van der Waals surface area contributed by atoms with Gasteiger partial charge < -0.3 is 19.1 Å². The van der Waals surface area contributed by atoms with E-state index in [1.54, 1.807) is 0 Å². The number of likely N-dealkylation sites (N-methyl/N-ethyl adjacent to an activating group) is 1. The van der Waals surface area contributed by atoms with E-state index in [1.165, 1.54) is 13.0 Å². The van der Waals surface area contributed by atoms with E-state index in [9.17, 15) is 4.79 Å². The molecule has 6 nitrogen and oxygen atoms in total. The second kappa shape index (κ2) is 8.53. The summed E-state index contributed by atoms with van der Waals surface area (Å²) in [7, 11) is 2.07. The predicted molar refractivity (Wildman–Crippen MR) is 100 cm³/mol. The molecule has 2 unspecified atom stereocenters. The van der Waals surface area contributed by atoms with Gasteiger partial charge in [0.15, 0.2) is 0 Å². The molecule has 2 atom stereocenters. The fraction of sp³-hybridized carbons (Fsp3) is 0.800. The lowest BCUT2D eigenvalue weighted by atomic mass is 9.76. The van der Waals surface area contributed by atoms with Crippen LogP contribution in [0.3, 0.4) is 0 Å². The predicted octanol–water partition coefficient (Wildman–Crippen LogP) is 2.69. The minimum absolute atomic E-state index is 0.0978. The van der Waals surface area contributed by atoms with Crippen molar-refractivity contribution in [2.24, 2.45) is 5.41 Å². The Morgan fingerprint density at radius 2 is 2.23 bits per heavy atom. The molecule has 2 saturated heterocycles. The molecule has 2 aliphatic heterocycles. The van der Waals surface area contributed by atoms with Crippen molar-refractivity contribution in [2.45, 2.75) is 51.9 Å². The van der Waals surface area contributed by atoms with Crippen molar-refractivity contribution in [1.82, 2.24) is 15.0 Å². The Kier molecular flexibility index (Phi) is 6.35. The third kappa shape index (κ3) is 4.29. The number of likely N-dealkylation sites (tertiary alicyclic amines) is 2. The summed E-state index contributed by atoms with van der Waals surface area (Å²) in [5.74, 6) is 1.16. The highest BCUT2D eigenvalue weighted by Crippen LogP contribution is 2.36. The lowest BCUT2D eigenvalue weighted by molar-refractivity contribution is -0.159. The largest absolute Gasteiger partial charge is 0.466 e. The van der Waals surface area contributed by atoms with Crippen LogP contribution < -0.4 is 0 Å². The van der Waals surface area contributed by atoms with Gasteiger partial charge >= 0.3 is 5.97 Å². The van der Waals surface area contributed by atoms with Crippen LogP contribution in [0.15, 0.2) is 10.6 Å². The van der Waals surface area contributed by atoms with Gasteiger partial charge in [-0.05, 0) is 59.3 Å². The number of hydrogen-bond donors (Lipinski definition) is 0. The van der Waals surface area contributed by atoms with Crippen LogP contribution in [0.4, 0.5) is 0 Å². The summed E-state index contributed by atoms with van der Waals surface area (Å²) < 4.78 is 11.1. The number of piperidine rings is 2. The lowest BCUT2D eigenvalue weighted by Crippen LogP contribution is -2.48. The van der Waals surface area contributed by atoms with Crippen molar-refractivity contribution in [3.63, 3.8) is 0 Å². The van der Waals surface area contributed by atoms with Gasteiger partial charge in [0.25, 0.3) is 0 Å². The number of rotatable bonds is 6. The second-order valence-electron chi connectivity index (χ2n) is 7.97. The molecule has 26 heavy (non-hydrogen) atoms. The summed E-state index contributed by atoms with van der Waals surface area (Å²) >= 11 is 0. The van der Waals surface area contributed by atoms with Crippen LogP contribution in [0.5, 0.6) is 0 Å². The number of carbonyl (C=O) groups is 1. The van der Waals surface area contributed by atoms with Crippen LogP contribution in [0.25, 0.3) is 0 Å². The molecule has 0 amide bonds. The zero-order valence-corrected chi connectivity index (χ0v) is 16.5. The summed E-state index contributed by atoms with van der Waals surface area (Å²) in [5, 5.41) is 4.36. The third-order valence-corrected chi connectivity index (χ3v) is 5.94. The molecule has 0 aliphatic carbocycles. The van der Waals surface area contributed by atoms with E-state index < -0.39 is 5.41 Å². The fourth-order valence-corrected chi connectivity index (χ4v) is 4.55. The van der Waals surface area contributed by atoms with Crippen molar-refractivity contribution in [2.75, 3.05) is 46.4 Å². The maximum Gasteiger partial charge on any atom is 0.313 e. The van der Waals surface area contributed by atoms with Crippen molar-refractivity contribution in [3.8, 4) is 0 Å². The molecule has 0 bridgehead atoms. The van der Waals surface area contributed by atoms with Crippen LogP contribution in [0, 0.1) is 5.41 Å². The molecular formula is C20H33N3O3. The van der Waals surface area contributed by atoms with Gasteiger partial charge in [-0.25, -0.2) is 0 Å². The number of nitrogens with zero attached hydrogens (tertiary/aromatic N) is 3. The average Bonchev–Trinajstić information content (AvgIpc) is 3.10. The molecule has 1 aromatic rings. The molecule has 2 aliphatic rings. The zero-order valence-electron chi connectivity index (χ0n) is 16.5. The molecular weight excluding hydrogens is 330 g/mol. The molecule has 146 valence electrons. The monoisotopic (exact) mass is 363 g/mol. The Hall–Kier alpha value is -1.40. The van der Waals surface area contributed by atoms with Gasteiger partial charge in [-0.15, -0.1) is 0 Å². The first-order valence-electron chi connectivity index (χ1n) is 10.1. The Labute approximate surface area is 156 Å². The smallest absolute Gasteiger partial charge is 0.313 e. The maximum absolute atomic E-state index is 12.7. The zero-order chi connectivity index (χ0) is 18.6. The molecule has 1 aromatic heterocycles. The van der Waals surface area contributed by atoms with Gasteiger partial charge in [-0.1, -0.05) is 12.1 Å². The first kappa shape index (κ1) is 19.4. The normalized spacial score (nSPS) is 28.2. The van der Waals surface area contributed by atoms with Crippen molar-refractivity contribution < 1.29 is 14.1 Å². The molecule has 0 spiro atoms. The van der Waals surface area contributed by atoms with E-state index in [0.717, 1.165) is 56.9 Å². The lowest BCUT2D eigenvalue weighted by Gasteiger charge is -2.38. The quantitative estimate of drug-likeness (QED) is 0.724. The first-order valence-corrected chi connectivity index (χ1v) is 10.1. The Morgan fingerprint density at radius 3 is 2.96 bits per heavy atom. The van der Waals surface area contributed by atoms with Gasteiger partial charge in [0.1, 0.15) is 5.76 Å². The van der Waals surface area contributed by atoms with Crippen LogP contribution in [-0.2, 0) is 16.0 Å². The molecule has 0 N–H and O–H groups in total. The van der Waals surface area contributed by atoms with Crippen molar-refractivity contribution in [1.29, 1.82) is 0 Å². The number of carbonyl (C=O) groups excluding carboxylic acids is 1. The molecule has 6 heteroatoms. The van der Waals surface area contributed by atoms with E-state index in [4.69, 9.17) is 9.26 Å². The van der Waals surface area contributed by atoms with Crippen LogP contribution in [0.2, 0.25) is 0 Å². The number of esters is 1. The van der Waals surface area contributed by atoms with E-state index in [-0.39, 0.29) is 5.97 Å². The van der Waals surface area contributed by atoms with Crippen LogP contribution in [0.1, 0.15) is 56.9 Å². The maximum atomic E-state index is 12.7. The number of hydrogen-bond acceptors (Lipinski definition) is 6. The topological polar surface area (TPSA) is 58.8 Å². The van der Waals surface area contributed by atoms with Gasteiger partial charge in [0.2, 0.25) is 0 Å². The van der Waals surface area contributed by atoms with E-state index >= 15 is 0 Å². The average molecular weight is 364 g/mol. The van der Waals surface area contributed by atoms with Crippen molar-refractivity contribution >= 4 is 5.97 Å². The Morgan fingerprint density at radius 1 is 1.38 bits per heavy atom. The van der Waals surface area contributed by atoms with Crippen LogP contribution in [-0.4, -0.2) is 67.3 Å². The fourth-order valence-electron chi connectivity index (χ4n) is 4.55. The molecule has 0 saturated carbocycles. The minimum atomic E-state index is -0.512. The number of ether oxygens (including phenoxy) is 1. The minimum Gasteiger partial charge on any atom is -0.466 e. The second-order valence-corrected chi connectivity index (χ2v) is 7.97. The third-order valence-electron chi connectivity index (χ3n) is 5.94. The van der Waals surface area contributed by atoms with Gasteiger partial charge in [0, 0.05) is 31.5 Å². The highest BCUT2D eigenvalue weighted by molar-refractivity contribution is 5.77. The summed E-state index contributed by atoms with van der Waals surface area (Å²) in [4.78, 5) is 17.4. The highest BCUT2D eigenvalue weighted by Gasteiger charge is 2.44. The van der Waals surface area contributed by atoms with Gasteiger partial charge in [-0.3, -0.25) is 4.79 Å². The molecule has 3 heterocycles. The Bertz CT molecular complexity index is 603. The molecule has 3 rings (SSSR count). The first-order chi connectivity index (χ1) is 12.6. The van der Waals surface area contributed by atoms with E-state index in [1.807, 2.05) is 6.92 Å². The summed E-state index contributed by atoms with van der Waals surface area (Å²) in [6.07, 6.45) is 4.80. The van der Waals surface area contributed by atoms with Gasteiger partial charge in [-0.2, -0.15) is 0 Å². The number of aromatic nitrogens is 1. The summed E-state index contributed by atoms with van der Waals surface area (Å²) in [5.41, 5.74) is 0.531. The summed E-state index contributed by atoms with van der Waals surface area (Å²) in [6, 6.07) is 2.08. The molecule has 2 fully saturated rings. The standard InChI is InChI=1S/C20H33N3O3/c1-4-23-11-6-8-16(14-23)18-12-17(26-21-18)13-20(19(24)25-5-2)9-7-10-22(3)15-20/h12,16H,4-11,13-15H2,1-3H3. The SMILES string of the molecule is CCOC(=O)C1(Cc2cc(C3CCCN(CC)C3)no2)CCCN(C)C1. The highest BCUT2D eigenvalue weighted by atomic mass is 16.5. The van der Waals surface area contributed by atoms with Crippen molar-refractivity contribution in [3.05, 3.63) is 17.5 Å². The van der Waals surface area contributed by atoms with E-state index in [2.05, 4.69) is 35.0 Å².